The van der Waals surface area contributed by atoms with Crippen LogP contribution in [0.1, 0.15) is 12.5 Å². The molecule has 0 amide bonds. The van der Waals surface area contributed by atoms with Gasteiger partial charge in [-0.1, -0.05) is 12.1 Å². The quantitative estimate of drug-likeness (QED) is 0.305. The van der Waals surface area contributed by atoms with Crippen LogP contribution in [0.15, 0.2) is 41.8 Å². The molecule has 0 saturated heterocycles. The normalized spacial score (nSPS) is 11.7. The number of aromatic nitrogens is 4. The molecule has 11 heteroatoms. The van der Waals surface area contributed by atoms with Gasteiger partial charge in [0.05, 0.1) is 18.1 Å². The first-order valence-corrected chi connectivity index (χ1v) is 9.87. The summed E-state index contributed by atoms with van der Waals surface area (Å²) >= 11 is 0. The van der Waals surface area contributed by atoms with E-state index in [4.69, 9.17) is 0 Å². The van der Waals surface area contributed by atoms with Crippen molar-refractivity contribution in [3.05, 3.63) is 42.4 Å². The van der Waals surface area contributed by atoms with Crippen molar-refractivity contribution in [2.75, 3.05) is 32.0 Å². The van der Waals surface area contributed by atoms with E-state index in [1.165, 1.54) is 18.5 Å². The number of nitrogens with zero attached hydrogens (tertiary/aromatic N) is 6. The van der Waals surface area contributed by atoms with Gasteiger partial charge in [0.15, 0.2) is 11.6 Å². The summed E-state index contributed by atoms with van der Waals surface area (Å²) in [7, 11) is 3.75. The van der Waals surface area contributed by atoms with Gasteiger partial charge in [0.2, 0.25) is 0 Å². The Morgan fingerprint density at radius 2 is 2.03 bits per heavy atom. The molecule has 2 N–H and O–H groups in total. The van der Waals surface area contributed by atoms with Crippen LogP contribution in [0.5, 0.6) is 5.75 Å². The Kier molecular flexibility index (Phi) is 7.52. The van der Waals surface area contributed by atoms with E-state index in [-0.39, 0.29) is 5.75 Å². The number of ether oxygens (including phenoxy) is 1. The third-order valence-electron chi connectivity index (χ3n) is 4.46. The Balaban J connectivity index is 1.57. The lowest BCUT2D eigenvalue weighted by molar-refractivity contribution is -0.0498. The third kappa shape index (κ3) is 6.00. The van der Waals surface area contributed by atoms with E-state index in [0.29, 0.717) is 19.6 Å². The lowest BCUT2D eigenvalue weighted by atomic mass is 10.2. The molecule has 0 radical (unpaired) electrons. The van der Waals surface area contributed by atoms with Crippen molar-refractivity contribution < 1.29 is 13.5 Å². The van der Waals surface area contributed by atoms with Gasteiger partial charge in [-0.05, 0) is 24.6 Å². The maximum atomic E-state index is 12.3. The van der Waals surface area contributed by atoms with Crippen molar-refractivity contribution >= 4 is 22.8 Å². The van der Waals surface area contributed by atoms with E-state index in [9.17, 15) is 8.78 Å². The minimum Gasteiger partial charge on any atom is -0.435 e. The summed E-state index contributed by atoms with van der Waals surface area (Å²) in [6, 6.07) is 6.58. The molecule has 0 unspecified atom stereocenters. The lowest BCUT2D eigenvalue weighted by Crippen LogP contribution is -2.38. The Morgan fingerprint density at radius 1 is 1.26 bits per heavy atom. The summed E-state index contributed by atoms with van der Waals surface area (Å²) in [5, 5.41) is 11.6. The second kappa shape index (κ2) is 10.5. The number of benzene rings is 1. The minimum atomic E-state index is -2.83. The van der Waals surface area contributed by atoms with Crippen LogP contribution in [0.2, 0.25) is 0 Å². The van der Waals surface area contributed by atoms with Crippen molar-refractivity contribution in [2.24, 2.45) is 12.0 Å². The number of aryl methyl sites for hydroxylation is 1. The van der Waals surface area contributed by atoms with Gasteiger partial charge in [0.25, 0.3) is 0 Å². The van der Waals surface area contributed by atoms with E-state index in [0.717, 1.165) is 34.9 Å². The number of hydrogen-bond acceptors (Lipinski definition) is 6. The van der Waals surface area contributed by atoms with Crippen LogP contribution < -0.4 is 15.4 Å². The fourth-order valence-corrected chi connectivity index (χ4v) is 3.03. The zero-order chi connectivity index (χ0) is 22.2. The Bertz CT molecular complexity index is 1010. The van der Waals surface area contributed by atoms with Crippen LogP contribution in [0, 0.1) is 0 Å². The summed E-state index contributed by atoms with van der Waals surface area (Å²) in [5.74, 6) is 1.60. The van der Waals surface area contributed by atoms with Gasteiger partial charge >= 0.3 is 6.61 Å². The van der Waals surface area contributed by atoms with Gasteiger partial charge in [0.1, 0.15) is 17.9 Å². The number of fused-ring (bicyclic) bond motifs is 1. The van der Waals surface area contributed by atoms with Crippen LogP contribution in [0.4, 0.5) is 14.6 Å². The Hall–Kier alpha value is -3.50. The van der Waals surface area contributed by atoms with Gasteiger partial charge in [-0.25, -0.2) is 9.97 Å². The number of anilines is 1. The SMILES string of the molecule is CCNC(=NCCNc1ncnc2c1cnn2C)N(C)Cc1ccc(OC(F)F)cc1. The maximum Gasteiger partial charge on any atom is 0.387 e. The van der Waals surface area contributed by atoms with Crippen molar-refractivity contribution in [2.45, 2.75) is 20.1 Å². The molecule has 31 heavy (non-hydrogen) atoms. The molecule has 2 heterocycles. The first-order chi connectivity index (χ1) is 15.0. The van der Waals surface area contributed by atoms with Crippen LogP contribution >= 0.6 is 0 Å². The Morgan fingerprint density at radius 3 is 2.74 bits per heavy atom. The highest BCUT2D eigenvalue weighted by atomic mass is 19.3. The largest absolute Gasteiger partial charge is 0.435 e. The predicted molar refractivity (Wildman–Crippen MR) is 115 cm³/mol. The molecule has 0 aliphatic heterocycles. The highest BCUT2D eigenvalue weighted by molar-refractivity contribution is 5.86. The van der Waals surface area contributed by atoms with Gasteiger partial charge in [-0.2, -0.15) is 13.9 Å². The molecule has 3 aromatic rings. The average molecular weight is 432 g/mol. The van der Waals surface area contributed by atoms with Crippen LogP contribution in [-0.2, 0) is 13.6 Å². The standard InChI is InChI=1S/C20H26F2N8O/c1-4-23-20(29(2)12-14-5-7-15(8-6-14)31-19(21)22)25-10-9-24-17-16-11-28-30(3)18(16)27-13-26-17/h5-8,11,13,19H,4,9-10,12H2,1-3H3,(H,23,25)(H,24,26,27). The van der Waals surface area contributed by atoms with Crippen LogP contribution in [0.25, 0.3) is 11.0 Å². The van der Waals surface area contributed by atoms with E-state index in [1.54, 1.807) is 23.0 Å². The smallest absolute Gasteiger partial charge is 0.387 e. The summed E-state index contributed by atoms with van der Waals surface area (Å²) in [4.78, 5) is 15.1. The number of nitrogens with one attached hydrogen (secondary N) is 2. The molecule has 1 aromatic carbocycles. The number of alkyl halides is 2. The molecule has 2 aromatic heterocycles. The third-order valence-corrected chi connectivity index (χ3v) is 4.46. The number of hydrogen-bond donors (Lipinski definition) is 2. The molecule has 0 aliphatic carbocycles. The fourth-order valence-electron chi connectivity index (χ4n) is 3.03. The molecule has 0 aliphatic rings. The molecule has 9 nitrogen and oxygen atoms in total. The summed E-state index contributed by atoms with van der Waals surface area (Å²) in [6.07, 6.45) is 3.24. The highest BCUT2D eigenvalue weighted by Gasteiger charge is 2.09. The van der Waals surface area contributed by atoms with Gasteiger partial charge < -0.3 is 20.3 Å². The van der Waals surface area contributed by atoms with E-state index >= 15 is 0 Å². The first-order valence-electron chi connectivity index (χ1n) is 9.87. The highest BCUT2D eigenvalue weighted by Crippen LogP contribution is 2.17. The molecule has 0 bridgehead atoms. The second-order valence-electron chi connectivity index (χ2n) is 6.77. The monoisotopic (exact) mass is 432 g/mol. The van der Waals surface area contributed by atoms with Crippen LogP contribution in [0.3, 0.4) is 0 Å². The molecular formula is C20H26F2N8O. The second-order valence-corrected chi connectivity index (χ2v) is 6.77. The molecule has 0 fully saturated rings. The van der Waals surface area contributed by atoms with Crippen molar-refractivity contribution in [3.63, 3.8) is 0 Å². The van der Waals surface area contributed by atoms with Crippen LogP contribution in [-0.4, -0.2) is 63.9 Å². The van der Waals surface area contributed by atoms with E-state index < -0.39 is 6.61 Å². The molecular weight excluding hydrogens is 406 g/mol. The molecule has 0 saturated carbocycles. The Labute approximate surface area is 179 Å². The zero-order valence-electron chi connectivity index (χ0n) is 17.7. The zero-order valence-corrected chi connectivity index (χ0v) is 17.7. The van der Waals surface area contributed by atoms with E-state index in [2.05, 4.69) is 35.4 Å². The number of rotatable bonds is 9. The lowest BCUT2D eigenvalue weighted by Gasteiger charge is -2.22. The number of halogens is 2. The summed E-state index contributed by atoms with van der Waals surface area (Å²) < 4.78 is 30.7. The number of guanidine groups is 1. The fraction of sp³-hybridized carbons (Fsp3) is 0.400. The molecule has 0 atom stereocenters. The van der Waals surface area contributed by atoms with Gasteiger partial charge in [0, 0.05) is 33.7 Å². The van der Waals surface area contributed by atoms with Crippen molar-refractivity contribution in [3.8, 4) is 5.75 Å². The topological polar surface area (TPSA) is 92.5 Å². The summed E-state index contributed by atoms with van der Waals surface area (Å²) in [5.41, 5.74) is 1.71. The van der Waals surface area contributed by atoms with Crippen molar-refractivity contribution in [1.29, 1.82) is 0 Å². The molecule has 166 valence electrons. The molecule has 3 rings (SSSR count). The van der Waals surface area contributed by atoms with Gasteiger partial charge in [-0.3, -0.25) is 9.67 Å². The molecule has 0 spiro atoms. The number of aliphatic imine (C=N–C) groups is 1. The first kappa shape index (κ1) is 22.2. The van der Waals surface area contributed by atoms with Gasteiger partial charge in [-0.15, -0.1) is 0 Å². The van der Waals surface area contributed by atoms with E-state index in [1.807, 2.05) is 25.9 Å². The maximum absolute atomic E-state index is 12.3. The average Bonchev–Trinajstić information content (AvgIpc) is 3.13. The minimum absolute atomic E-state index is 0.139. The summed E-state index contributed by atoms with van der Waals surface area (Å²) in [6.45, 7) is 1.57. The van der Waals surface area contributed by atoms with Crippen molar-refractivity contribution in [1.82, 2.24) is 30.0 Å². The predicted octanol–water partition coefficient (Wildman–Crippen LogP) is 2.47.